The van der Waals surface area contributed by atoms with Gasteiger partial charge in [-0.05, 0) is 0 Å². The second-order valence-corrected chi connectivity index (χ2v) is 3.04. The van der Waals surface area contributed by atoms with Crippen LogP contribution in [0.4, 0.5) is 0 Å². The number of terminal acetylenes is 1. The third-order valence-electron chi connectivity index (χ3n) is 2.07. The number of amides is 1. The number of carbonyl (C=O) groups is 2. The first-order valence-electron chi connectivity index (χ1n) is 4.09. The highest BCUT2D eigenvalue weighted by molar-refractivity contribution is 5.81. The fourth-order valence-corrected chi connectivity index (χ4v) is 1.18. The van der Waals surface area contributed by atoms with Gasteiger partial charge >= 0.3 is 5.97 Å². The molecule has 1 aliphatic heterocycles. The topological polar surface area (TPSA) is 57.6 Å². The molecule has 1 rings (SSSR count). The number of likely N-dealkylation sites (tertiary alicyclic amines) is 1. The van der Waals surface area contributed by atoms with Gasteiger partial charge < -0.3 is 10.0 Å². The van der Waals surface area contributed by atoms with Crippen LogP contribution in [0.2, 0.25) is 0 Å². The molecule has 0 aliphatic carbocycles. The first kappa shape index (κ1) is 9.59. The Morgan fingerprint density at radius 2 is 2.15 bits per heavy atom. The van der Waals surface area contributed by atoms with E-state index in [1.54, 1.807) is 0 Å². The lowest BCUT2D eigenvalue weighted by Gasteiger charge is -2.36. The van der Waals surface area contributed by atoms with Crippen LogP contribution in [-0.2, 0) is 9.59 Å². The second-order valence-electron chi connectivity index (χ2n) is 3.04. The third kappa shape index (κ3) is 2.22. The van der Waals surface area contributed by atoms with Crippen molar-refractivity contribution in [3.63, 3.8) is 0 Å². The van der Waals surface area contributed by atoms with E-state index in [9.17, 15) is 9.59 Å². The molecule has 1 N–H and O–H groups in total. The maximum Gasteiger partial charge on any atom is 0.310 e. The summed E-state index contributed by atoms with van der Waals surface area (Å²) in [4.78, 5) is 23.1. The van der Waals surface area contributed by atoms with Gasteiger partial charge in [0.25, 0.3) is 0 Å². The zero-order chi connectivity index (χ0) is 9.84. The zero-order valence-corrected chi connectivity index (χ0v) is 7.19. The van der Waals surface area contributed by atoms with E-state index in [0.717, 1.165) is 0 Å². The molecular weight excluding hydrogens is 170 g/mol. The fraction of sp³-hybridized carbons (Fsp3) is 0.556. The predicted octanol–water partition coefficient (Wildman–Crippen LogP) is -0.0572. The molecule has 1 heterocycles. The predicted molar refractivity (Wildman–Crippen MR) is 45.8 cm³/mol. The Labute approximate surface area is 76.5 Å². The van der Waals surface area contributed by atoms with Crippen molar-refractivity contribution in [2.75, 3.05) is 13.1 Å². The molecule has 1 fully saturated rings. The van der Waals surface area contributed by atoms with Crippen LogP contribution >= 0.6 is 0 Å². The largest absolute Gasteiger partial charge is 0.481 e. The number of hydrogen-bond donors (Lipinski definition) is 1. The number of carboxylic acids is 1. The number of hydrogen-bond acceptors (Lipinski definition) is 2. The molecule has 0 bridgehead atoms. The summed E-state index contributed by atoms with van der Waals surface area (Å²) in [6.45, 7) is 0.664. The van der Waals surface area contributed by atoms with E-state index in [4.69, 9.17) is 11.5 Å². The Kier molecular flexibility index (Phi) is 2.91. The van der Waals surface area contributed by atoms with Crippen LogP contribution < -0.4 is 0 Å². The van der Waals surface area contributed by atoms with Gasteiger partial charge in [-0.2, -0.15) is 0 Å². The number of carboxylic acid groups (broad SMARTS) is 1. The first-order valence-corrected chi connectivity index (χ1v) is 4.09. The zero-order valence-electron chi connectivity index (χ0n) is 7.19. The van der Waals surface area contributed by atoms with Crippen LogP contribution in [0.5, 0.6) is 0 Å². The van der Waals surface area contributed by atoms with Crippen LogP contribution in [0.3, 0.4) is 0 Å². The monoisotopic (exact) mass is 181 g/mol. The lowest BCUT2D eigenvalue weighted by atomic mass is 10.00. The summed E-state index contributed by atoms with van der Waals surface area (Å²) in [6.07, 6.45) is 5.74. The van der Waals surface area contributed by atoms with E-state index in [0.29, 0.717) is 25.9 Å². The quantitative estimate of drug-likeness (QED) is 0.621. The minimum Gasteiger partial charge on any atom is -0.481 e. The van der Waals surface area contributed by atoms with Gasteiger partial charge in [0.1, 0.15) is 0 Å². The van der Waals surface area contributed by atoms with Gasteiger partial charge in [0.15, 0.2) is 0 Å². The van der Waals surface area contributed by atoms with Gasteiger partial charge in [-0.15, -0.1) is 12.3 Å². The molecule has 0 radical (unpaired) electrons. The van der Waals surface area contributed by atoms with Crippen molar-refractivity contribution in [3.8, 4) is 12.3 Å². The minimum atomic E-state index is -0.832. The third-order valence-corrected chi connectivity index (χ3v) is 2.07. The molecule has 1 amide bonds. The van der Waals surface area contributed by atoms with Crippen LogP contribution in [-0.4, -0.2) is 35.0 Å². The Hall–Kier alpha value is -1.50. The van der Waals surface area contributed by atoms with E-state index >= 15 is 0 Å². The van der Waals surface area contributed by atoms with Gasteiger partial charge in [-0.1, -0.05) is 0 Å². The summed E-state index contributed by atoms with van der Waals surface area (Å²) in [5, 5.41) is 8.54. The van der Waals surface area contributed by atoms with E-state index in [-0.39, 0.29) is 11.8 Å². The highest BCUT2D eigenvalue weighted by Crippen LogP contribution is 2.16. The summed E-state index contributed by atoms with van der Waals surface area (Å²) < 4.78 is 0. The van der Waals surface area contributed by atoms with Crippen molar-refractivity contribution in [1.82, 2.24) is 4.90 Å². The molecule has 0 saturated carbocycles. The van der Waals surface area contributed by atoms with Gasteiger partial charge in [0.2, 0.25) is 5.91 Å². The maximum absolute atomic E-state index is 11.2. The Balaban J connectivity index is 2.24. The summed E-state index contributed by atoms with van der Waals surface area (Å²) in [5.41, 5.74) is 0. The van der Waals surface area contributed by atoms with Crippen molar-refractivity contribution < 1.29 is 14.7 Å². The lowest BCUT2D eigenvalue weighted by molar-refractivity contribution is -0.152. The molecule has 0 aromatic heterocycles. The van der Waals surface area contributed by atoms with Crippen molar-refractivity contribution >= 4 is 11.9 Å². The highest BCUT2D eigenvalue weighted by atomic mass is 16.4. The standard InChI is InChI=1S/C9H11NO3/c1-2-3-4-8(11)10-5-7(6-10)9(12)13/h1,7H,3-6H2,(H,12,13). The van der Waals surface area contributed by atoms with Crippen molar-refractivity contribution in [1.29, 1.82) is 0 Å². The number of rotatable bonds is 3. The molecule has 70 valence electrons. The van der Waals surface area contributed by atoms with E-state index in [1.165, 1.54) is 4.90 Å². The minimum absolute atomic E-state index is 0.0459. The molecule has 1 saturated heterocycles. The molecule has 4 nitrogen and oxygen atoms in total. The van der Waals surface area contributed by atoms with Crippen LogP contribution in [0.1, 0.15) is 12.8 Å². The average molecular weight is 181 g/mol. The number of carbonyl (C=O) groups excluding carboxylic acids is 1. The average Bonchev–Trinajstić information content (AvgIpc) is 1.97. The normalized spacial score (nSPS) is 16.1. The Morgan fingerprint density at radius 1 is 1.54 bits per heavy atom. The van der Waals surface area contributed by atoms with E-state index in [2.05, 4.69) is 5.92 Å². The molecule has 1 aliphatic rings. The SMILES string of the molecule is C#CCCC(=O)N1CC(C(=O)O)C1. The van der Waals surface area contributed by atoms with Crippen LogP contribution in [0, 0.1) is 18.3 Å². The number of nitrogens with zero attached hydrogens (tertiary/aromatic N) is 1. The first-order chi connectivity index (χ1) is 6.15. The second kappa shape index (κ2) is 3.94. The molecule has 0 aromatic carbocycles. The molecule has 0 atom stereocenters. The summed E-state index contributed by atoms with van der Waals surface area (Å²) in [5.74, 6) is 1.11. The van der Waals surface area contributed by atoms with Crippen LogP contribution in [0.15, 0.2) is 0 Å². The summed E-state index contributed by atoms with van der Waals surface area (Å²) in [7, 11) is 0. The highest BCUT2D eigenvalue weighted by Gasteiger charge is 2.34. The smallest absolute Gasteiger partial charge is 0.310 e. The van der Waals surface area contributed by atoms with Gasteiger partial charge in [0.05, 0.1) is 5.92 Å². The van der Waals surface area contributed by atoms with Gasteiger partial charge in [-0.3, -0.25) is 9.59 Å². The van der Waals surface area contributed by atoms with E-state index in [1.807, 2.05) is 0 Å². The van der Waals surface area contributed by atoms with Crippen molar-refractivity contribution in [3.05, 3.63) is 0 Å². The van der Waals surface area contributed by atoms with E-state index < -0.39 is 5.97 Å². The lowest BCUT2D eigenvalue weighted by Crippen LogP contribution is -2.52. The van der Waals surface area contributed by atoms with Gasteiger partial charge in [0, 0.05) is 25.9 Å². The fourth-order valence-electron chi connectivity index (χ4n) is 1.18. The number of aliphatic carboxylic acids is 1. The van der Waals surface area contributed by atoms with Crippen LogP contribution in [0.25, 0.3) is 0 Å². The summed E-state index contributed by atoms with van der Waals surface area (Å²) in [6, 6.07) is 0. The Morgan fingerprint density at radius 3 is 2.62 bits per heavy atom. The Bertz CT molecular complexity index is 261. The molecule has 13 heavy (non-hydrogen) atoms. The van der Waals surface area contributed by atoms with Crippen molar-refractivity contribution in [2.24, 2.45) is 5.92 Å². The summed E-state index contributed by atoms with van der Waals surface area (Å²) >= 11 is 0. The maximum atomic E-state index is 11.2. The molecule has 0 aromatic rings. The van der Waals surface area contributed by atoms with Gasteiger partial charge in [-0.25, -0.2) is 0 Å². The molecule has 0 spiro atoms. The molecule has 0 unspecified atom stereocenters. The van der Waals surface area contributed by atoms with Crippen molar-refractivity contribution in [2.45, 2.75) is 12.8 Å². The molecular formula is C9H11NO3. The molecule has 4 heteroatoms.